The van der Waals surface area contributed by atoms with Crippen molar-refractivity contribution in [1.29, 1.82) is 0 Å². The summed E-state index contributed by atoms with van der Waals surface area (Å²) in [6, 6.07) is 4.87. The molecule has 0 aliphatic carbocycles. The van der Waals surface area contributed by atoms with Gasteiger partial charge in [0.25, 0.3) is 0 Å². The average molecular weight is 410 g/mol. The molecule has 1 N–H and O–H groups in total. The molecule has 0 aliphatic rings. The van der Waals surface area contributed by atoms with Crippen molar-refractivity contribution in [2.24, 2.45) is 0 Å². The predicted octanol–water partition coefficient (Wildman–Crippen LogP) is 2.92. The summed E-state index contributed by atoms with van der Waals surface area (Å²) in [6.45, 7) is 1.42. The largest absolute Gasteiger partial charge is 0.395 e. The van der Waals surface area contributed by atoms with Crippen LogP contribution in [0.4, 0.5) is 0 Å². The minimum atomic E-state index is -3.64. The summed E-state index contributed by atoms with van der Waals surface area (Å²) in [5.74, 6) is -0.365. The van der Waals surface area contributed by atoms with Crippen molar-refractivity contribution in [2.45, 2.75) is 18.2 Å². The highest BCUT2D eigenvalue weighted by Gasteiger charge is 2.20. The second kappa shape index (κ2) is 7.79. The van der Waals surface area contributed by atoms with E-state index in [-0.39, 0.29) is 15.7 Å². The molecule has 2 heterocycles. The molecule has 0 unspecified atom stereocenters. The molecule has 0 saturated carbocycles. The molecule has 1 aromatic carbocycles. The molecule has 3 aromatic rings. The minimum absolute atomic E-state index is 0.0222. The highest BCUT2D eigenvalue weighted by atomic mass is 35.5. The van der Waals surface area contributed by atoms with Gasteiger partial charge in [-0.25, -0.2) is 13.4 Å². The maximum atomic E-state index is 12.3. The number of halogens is 1. The number of sulfone groups is 1. The van der Waals surface area contributed by atoms with Gasteiger partial charge in [0.05, 0.1) is 43.6 Å². The van der Waals surface area contributed by atoms with Crippen LogP contribution in [0.5, 0.6) is 0 Å². The van der Waals surface area contributed by atoms with Gasteiger partial charge < -0.3 is 5.11 Å². The monoisotopic (exact) mass is 409 g/mol. The van der Waals surface area contributed by atoms with Gasteiger partial charge in [-0.15, -0.1) is 11.3 Å². The van der Waals surface area contributed by atoms with E-state index in [1.54, 1.807) is 36.8 Å². The number of rotatable bonds is 6. The average Bonchev–Trinajstić information content (AvgIpc) is 2.96. The molecule has 0 bridgehead atoms. The first-order valence-electron chi connectivity index (χ1n) is 7.75. The molecule has 3 rings (SSSR count). The Bertz CT molecular complexity index is 1020. The second-order valence-electron chi connectivity index (χ2n) is 5.58. The SMILES string of the molecule is Cc1nc(Cc2cnccn2)sc1-c1ccc(Cl)c(S(=O)(=O)CCO)c1. The van der Waals surface area contributed by atoms with E-state index in [2.05, 4.69) is 15.0 Å². The molecule has 0 aliphatic heterocycles. The number of aromatic nitrogens is 3. The van der Waals surface area contributed by atoms with Crippen LogP contribution in [0.15, 0.2) is 41.7 Å². The minimum Gasteiger partial charge on any atom is -0.395 e. The van der Waals surface area contributed by atoms with E-state index in [4.69, 9.17) is 16.7 Å². The molecule has 0 fully saturated rings. The Labute approximate surface area is 160 Å². The van der Waals surface area contributed by atoms with E-state index in [0.717, 1.165) is 26.8 Å². The van der Waals surface area contributed by atoms with Crippen LogP contribution >= 0.6 is 22.9 Å². The fraction of sp³-hybridized carbons (Fsp3) is 0.235. The number of thiazole rings is 1. The predicted molar refractivity (Wildman–Crippen MR) is 101 cm³/mol. The van der Waals surface area contributed by atoms with Gasteiger partial charge >= 0.3 is 0 Å². The Hall–Kier alpha value is -1.87. The molecule has 0 spiro atoms. The van der Waals surface area contributed by atoms with E-state index in [1.165, 1.54) is 11.3 Å². The maximum Gasteiger partial charge on any atom is 0.182 e. The van der Waals surface area contributed by atoms with Crippen LogP contribution in [0.1, 0.15) is 16.4 Å². The van der Waals surface area contributed by atoms with Crippen LogP contribution in [0, 0.1) is 6.92 Å². The molecule has 26 heavy (non-hydrogen) atoms. The summed E-state index contributed by atoms with van der Waals surface area (Å²) in [5, 5.41) is 10.00. The van der Waals surface area contributed by atoms with Gasteiger partial charge in [-0.3, -0.25) is 9.97 Å². The third-order valence-corrected chi connectivity index (χ3v) is 7.05. The maximum absolute atomic E-state index is 12.3. The zero-order valence-corrected chi connectivity index (χ0v) is 16.3. The van der Waals surface area contributed by atoms with E-state index < -0.39 is 16.4 Å². The van der Waals surface area contributed by atoms with Crippen LogP contribution in [-0.2, 0) is 16.3 Å². The lowest BCUT2D eigenvalue weighted by Crippen LogP contribution is -2.10. The van der Waals surface area contributed by atoms with Crippen molar-refractivity contribution >= 4 is 32.8 Å². The smallest absolute Gasteiger partial charge is 0.182 e. The van der Waals surface area contributed by atoms with E-state index in [9.17, 15) is 8.42 Å². The second-order valence-corrected chi connectivity index (χ2v) is 9.15. The first-order chi connectivity index (χ1) is 12.4. The van der Waals surface area contributed by atoms with Crippen molar-refractivity contribution in [3.63, 3.8) is 0 Å². The first-order valence-corrected chi connectivity index (χ1v) is 10.6. The molecule has 0 amide bonds. The lowest BCUT2D eigenvalue weighted by atomic mass is 10.1. The summed E-state index contributed by atoms with van der Waals surface area (Å²) in [4.78, 5) is 13.8. The Morgan fingerprint density at radius 3 is 2.77 bits per heavy atom. The first kappa shape index (κ1) is 18.9. The highest BCUT2D eigenvalue weighted by Crippen LogP contribution is 2.34. The molecule has 136 valence electrons. The van der Waals surface area contributed by atoms with Gasteiger partial charge in [-0.05, 0) is 24.6 Å². The number of hydrogen-bond donors (Lipinski definition) is 1. The van der Waals surface area contributed by atoms with Crippen molar-refractivity contribution < 1.29 is 13.5 Å². The van der Waals surface area contributed by atoms with Crippen LogP contribution < -0.4 is 0 Å². The highest BCUT2D eigenvalue weighted by molar-refractivity contribution is 7.91. The van der Waals surface area contributed by atoms with Crippen molar-refractivity contribution in [1.82, 2.24) is 15.0 Å². The number of benzene rings is 1. The molecular weight excluding hydrogens is 394 g/mol. The summed E-state index contributed by atoms with van der Waals surface area (Å²) in [6.07, 6.45) is 5.50. The summed E-state index contributed by atoms with van der Waals surface area (Å²) in [5.41, 5.74) is 2.35. The van der Waals surface area contributed by atoms with Crippen molar-refractivity contribution in [2.75, 3.05) is 12.4 Å². The normalized spacial score (nSPS) is 11.7. The molecular formula is C17H16ClN3O3S2. The quantitative estimate of drug-likeness (QED) is 0.672. The molecule has 0 saturated heterocycles. The van der Waals surface area contributed by atoms with Gasteiger partial charge in [-0.2, -0.15) is 0 Å². The third-order valence-electron chi connectivity index (χ3n) is 3.68. The summed E-state index contributed by atoms with van der Waals surface area (Å²) in [7, 11) is -3.64. The number of aryl methyl sites for hydroxylation is 1. The van der Waals surface area contributed by atoms with E-state index in [1.807, 2.05) is 6.92 Å². The lowest BCUT2D eigenvalue weighted by Gasteiger charge is -2.07. The topological polar surface area (TPSA) is 93.0 Å². The summed E-state index contributed by atoms with van der Waals surface area (Å²) >= 11 is 7.55. The van der Waals surface area contributed by atoms with Crippen LogP contribution in [0.3, 0.4) is 0 Å². The zero-order valence-electron chi connectivity index (χ0n) is 13.9. The van der Waals surface area contributed by atoms with Crippen molar-refractivity contribution in [3.05, 3.63) is 58.2 Å². The van der Waals surface area contributed by atoms with Crippen LogP contribution in [0.2, 0.25) is 5.02 Å². The Morgan fingerprint density at radius 1 is 1.27 bits per heavy atom. The Kier molecular flexibility index (Phi) is 5.67. The zero-order chi connectivity index (χ0) is 18.7. The third kappa shape index (κ3) is 4.09. The molecule has 0 radical (unpaired) electrons. The van der Waals surface area contributed by atoms with E-state index in [0.29, 0.717) is 6.42 Å². The Morgan fingerprint density at radius 2 is 2.08 bits per heavy atom. The molecule has 6 nitrogen and oxygen atoms in total. The Balaban J connectivity index is 1.97. The number of aliphatic hydroxyl groups is 1. The van der Waals surface area contributed by atoms with Gasteiger partial charge in [0, 0.05) is 25.0 Å². The summed E-state index contributed by atoms with van der Waals surface area (Å²) < 4.78 is 24.6. The van der Waals surface area contributed by atoms with Gasteiger partial charge in [0.1, 0.15) is 0 Å². The van der Waals surface area contributed by atoms with Gasteiger partial charge in [-0.1, -0.05) is 17.7 Å². The molecule has 2 aromatic heterocycles. The van der Waals surface area contributed by atoms with E-state index >= 15 is 0 Å². The fourth-order valence-electron chi connectivity index (χ4n) is 2.48. The van der Waals surface area contributed by atoms with Crippen molar-refractivity contribution in [3.8, 4) is 10.4 Å². The molecule has 0 atom stereocenters. The van der Waals surface area contributed by atoms with Crippen LogP contribution in [-0.4, -0.2) is 40.8 Å². The number of aliphatic hydroxyl groups excluding tert-OH is 1. The van der Waals surface area contributed by atoms with Gasteiger partial charge in [0.2, 0.25) is 0 Å². The van der Waals surface area contributed by atoms with Crippen LogP contribution in [0.25, 0.3) is 10.4 Å². The number of nitrogens with zero attached hydrogens (tertiary/aromatic N) is 3. The fourth-order valence-corrected chi connectivity index (χ4v) is 5.16. The number of hydrogen-bond acceptors (Lipinski definition) is 7. The molecule has 9 heteroatoms. The van der Waals surface area contributed by atoms with Gasteiger partial charge in [0.15, 0.2) is 9.84 Å². The standard InChI is InChI=1S/C17H16ClN3O3S2/c1-11-17(25-16(21-11)9-13-10-19-4-5-20-13)12-2-3-14(18)15(8-12)26(23,24)7-6-22/h2-5,8,10,22H,6-7,9H2,1H3. The lowest BCUT2D eigenvalue weighted by molar-refractivity contribution is 0.319.